The van der Waals surface area contributed by atoms with Gasteiger partial charge in [-0.15, -0.1) is 5.10 Å². The maximum Gasteiger partial charge on any atom is 0.409 e. The fraction of sp³-hybridized carbons (Fsp3) is 0.667. The Balaban J connectivity index is 1.43. The molecule has 0 bridgehead atoms. The van der Waals surface area contributed by atoms with Gasteiger partial charge in [-0.1, -0.05) is 11.6 Å². The molecule has 0 radical (unpaired) electrons. The zero-order valence-corrected chi connectivity index (χ0v) is 18.0. The fourth-order valence-corrected chi connectivity index (χ4v) is 3.78. The Morgan fingerprint density at radius 3 is 2.70 bits per heavy atom. The first kappa shape index (κ1) is 20.6. The van der Waals surface area contributed by atoms with E-state index in [0.717, 1.165) is 25.1 Å². The summed E-state index contributed by atoms with van der Waals surface area (Å²) in [7, 11) is 3.54. The molecule has 4 rings (SSSR count). The first-order valence-corrected chi connectivity index (χ1v) is 10.8. The Hall–Kier alpha value is -2.71. The number of hydrogen-bond acceptors (Lipinski definition) is 7. The lowest BCUT2D eigenvalue weighted by molar-refractivity contribution is 0.101. The van der Waals surface area contributed by atoms with Crippen molar-refractivity contribution in [2.24, 2.45) is 13.0 Å². The summed E-state index contributed by atoms with van der Waals surface area (Å²) in [6, 6.07) is 0. The van der Waals surface area contributed by atoms with Gasteiger partial charge in [0, 0.05) is 20.6 Å². The molecule has 2 aliphatic carbocycles. The summed E-state index contributed by atoms with van der Waals surface area (Å²) >= 11 is 0. The van der Waals surface area contributed by atoms with Crippen LogP contribution >= 0.6 is 0 Å². The maximum atomic E-state index is 12.3. The highest BCUT2D eigenvalue weighted by atomic mass is 16.6. The molecular formula is C21H30N6O3. The summed E-state index contributed by atoms with van der Waals surface area (Å²) in [5.41, 5.74) is 2.55. The molecular weight excluding hydrogens is 384 g/mol. The molecule has 162 valence electrons. The summed E-state index contributed by atoms with van der Waals surface area (Å²) in [5.74, 6) is 1.19. The zero-order valence-electron chi connectivity index (χ0n) is 18.0. The summed E-state index contributed by atoms with van der Waals surface area (Å²) in [4.78, 5) is 23.0. The van der Waals surface area contributed by atoms with Crippen LogP contribution in [-0.4, -0.2) is 55.7 Å². The van der Waals surface area contributed by atoms with Crippen molar-refractivity contribution in [3.8, 4) is 17.3 Å². The number of carbonyl (C=O) groups is 1. The Morgan fingerprint density at radius 2 is 2.00 bits per heavy atom. The Morgan fingerprint density at radius 1 is 1.23 bits per heavy atom. The Labute approximate surface area is 176 Å². The van der Waals surface area contributed by atoms with E-state index in [1.807, 2.05) is 6.92 Å². The quantitative estimate of drug-likeness (QED) is 0.686. The lowest BCUT2D eigenvalue weighted by Gasteiger charge is -2.22. The molecule has 9 heteroatoms. The van der Waals surface area contributed by atoms with Gasteiger partial charge < -0.3 is 14.4 Å². The Kier molecular flexibility index (Phi) is 6.15. The molecule has 9 nitrogen and oxygen atoms in total. The molecule has 0 spiro atoms. The number of aromatic nitrogens is 5. The van der Waals surface area contributed by atoms with Crippen molar-refractivity contribution in [3.05, 3.63) is 17.6 Å². The van der Waals surface area contributed by atoms with Gasteiger partial charge >= 0.3 is 6.09 Å². The van der Waals surface area contributed by atoms with Gasteiger partial charge in [0.25, 0.3) is 0 Å². The third kappa shape index (κ3) is 4.88. The highest BCUT2D eigenvalue weighted by molar-refractivity contribution is 5.67. The third-order valence-electron chi connectivity index (χ3n) is 5.79. The van der Waals surface area contributed by atoms with Crippen molar-refractivity contribution in [1.82, 2.24) is 29.9 Å². The van der Waals surface area contributed by atoms with Crippen molar-refractivity contribution in [2.75, 3.05) is 13.6 Å². The molecule has 30 heavy (non-hydrogen) atoms. The van der Waals surface area contributed by atoms with Crippen LogP contribution in [-0.2, 0) is 18.4 Å². The highest BCUT2D eigenvalue weighted by Crippen LogP contribution is 2.30. The summed E-state index contributed by atoms with van der Waals surface area (Å²) in [6.45, 7) is 2.70. The van der Waals surface area contributed by atoms with Crippen LogP contribution in [0.3, 0.4) is 0 Å². The third-order valence-corrected chi connectivity index (χ3v) is 5.79. The fourth-order valence-electron chi connectivity index (χ4n) is 3.78. The zero-order chi connectivity index (χ0) is 21.1. The minimum Gasteiger partial charge on any atom is -0.473 e. The van der Waals surface area contributed by atoms with E-state index < -0.39 is 0 Å². The molecule has 2 fully saturated rings. The number of nitrogens with zero attached hydrogens (tertiary/aromatic N) is 6. The van der Waals surface area contributed by atoms with Crippen LogP contribution in [0.25, 0.3) is 11.4 Å². The number of rotatable bonds is 7. The molecule has 0 aliphatic heterocycles. The highest BCUT2D eigenvalue weighted by Gasteiger charge is 2.26. The summed E-state index contributed by atoms with van der Waals surface area (Å²) in [5, 5.41) is 8.30. The molecule has 1 amide bonds. The minimum absolute atomic E-state index is 0.0771. The second-order valence-corrected chi connectivity index (χ2v) is 8.41. The van der Waals surface area contributed by atoms with Crippen LogP contribution in [0.2, 0.25) is 0 Å². The topological polar surface area (TPSA) is 95.3 Å². The minimum atomic E-state index is -0.340. The number of ether oxygens (including phenoxy) is 2. The van der Waals surface area contributed by atoms with Gasteiger partial charge in [0.1, 0.15) is 35.5 Å². The number of hydrogen-bond donors (Lipinski definition) is 0. The molecule has 0 unspecified atom stereocenters. The molecule has 0 N–H and O–H groups in total. The first-order chi connectivity index (χ1) is 14.5. The van der Waals surface area contributed by atoms with E-state index in [1.165, 1.54) is 32.1 Å². The predicted molar refractivity (Wildman–Crippen MR) is 110 cm³/mol. The van der Waals surface area contributed by atoms with Crippen molar-refractivity contribution in [2.45, 2.75) is 64.6 Å². The Bertz CT molecular complexity index is 889. The predicted octanol–water partition coefficient (Wildman–Crippen LogP) is 3.27. The van der Waals surface area contributed by atoms with Gasteiger partial charge in [-0.2, -0.15) is 0 Å². The SMILES string of the molecule is Cc1nc(-c2nnn(C)c2COC(=O)N(C)CC2CC2)cnc1OC1CCCCC1. The second-order valence-electron chi connectivity index (χ2n) is 8.41. The molecule has 0 saturated heterocycles. The normalized spacial score (nSPS) is 17.0. The lowest BCUT2D eigenvalue weighted by Crippen LogP contribution is -2.29. The molecule has 2 heterocycles. The average Bonchev–Trinajstić information content (AvgIpc) is 3.48. The van der Waals surface area contributed by atoms with E-state index in [-0.39, 0.29) is 18.8 Å². The summed E-state index contributed by atoms with van der Waals surface area (Å²) < 4.78 is 13.2. The van der Waals surface area contributed by atoms with E-state index in [9.17, 15) is 4.79 Å². The van der Waals surface area contributed by atoms with Gasteiger partial charge in [-0.05, 0) is 51.4 Å². The summed E-state index contributed by atoms with van der Waals surface area (Å²) in [6.07, 6.45) is 9.72. The van der Waals surface area contributed by atoms with Gasteiger partial charge in [0.05, 0.1) is 6.20 Å². The van der Waals surface area contributed by atoms with Crippen LogP contribution in [0.15, 0.2) is 6.20 Å². The number of amides is 1. The molecule has 2 aliphatic rings. The van der Waals surface area contributed by atoms with E-state index >= 15 is 0 Å². The van der Waals surface area contributed by atoms with Crippen molar-refractivity contribution >= 4 is 6.09 Å². The standard InChI is InChI=1S/C21H30N6O3/c1-14-20(30-16-7-5-4-6-8-16)22-11-17(23-14)19-18(27(3)25-24-19)13-29-21(28)26(2)12-15-9-10-15/h11,15-16H,4-10,12-13H2,1-3H3. The van der Waals surface area contributed by atoms with Gasteiger partial charge in [-0.3, -0.25) is 0 Å². The van der Waals surface area contributed by atoms with Gasteiger partial charge in [0.2, 0.25) is 5.88 Å². The van der Waals surface area contributed by atoms with Crippen LogP contribution in [0.4, 0.5) is 4.79 Å². The van der Waals surface area contributed by atoms with E-state index in [0.29, 0.717) is 28.9 Å². The van der Waals surface area contributed by atoms with Crippen molar-refractivity contribution in [1.29, 1.82) is 0 Å². The largest absolute Gasteiger partial charge is 0.473 e. The van der Waals surface area contributed by atoms with Crippen LogP contribution in [0.5, 0.6) is 5.88 Å². The van der Waals surface area contributed by atoms with E-state index in [1.54, 1.807) is 29.9 Å². The van der Waals surface area contributed by atoms with Crippen LogP contribution in [0.1, 0.15) is 56.3 Å². The van der Waals surface area contributed by atoms with Crippen LogP contribution < -0.4 is 4.74 Å². The molecule has 0 aromatic carbocycles. The number of carbonyl (C=O) groups excluding carboxylic acids is 1. The monoisotopic (exact) mass is 414 g/mol. The molecule has 2 saturated carbocycles. The average molecular weight is 415 g/mol. The van der Waals surface area contributed by atoms with Gasteiger partial charge in [0.15, 0.2) is 0 Å². The van der Waals surface area contributed by atoms with E-state index in [2.05, 4.69) is 20.3 Å². The lowest BCUT2D eigenvalue weighted by atomic mass is 9.98. The molecule has 2 aromatic heterocycles. The molecule has 2 aromatic rings. The molecule has 0 atom stereocenters. The maximum absolute atomic E-state index is 12.3. The van der Waals surface area contributed by atoms with Crippen LogP contribution in [0, 0.1) is 12.8 Å². The second kappa shape index (κ2) is 8.97. The first-order valence-electron chi connectivity index (χ1n) is 10.8. The van der Waals surface area contributed by atoms with Crippen molar-refractivity contribution in [3.63, 3.8) is 0 Å². The van der Waals surface area contributed by atoms with E-state index in [4.69, 9.17) is 9.47 Å². The smallest absolute Gasteiger partial charge is 0.409 e. The number of aryl methyl sites for hydroxylation is 2. The van der Waals surface area contributed by atoms with Gasteiger partial charge in [-0.25, -0.2) is 19.4 Å². The van der Waals surface area contributed by atoms with Crippen molar-refractivity contribution < 1.29 is 14.3 Å².